The first-order chi connectivity index (χ1) is 12.0. The molecule has 3 fully saturated rings. The van der Waals surface area contributed by atoms with Gasteiger partial charge in [0.05, 0.1) is 12.5 Å². The summed E-state index contributed by atoms with van der Waals surface area (Å²) in [4.78, 5) is 23.1. The Morgan fingerprint density at radius 3 is 2.48 bits per heavy atom. The molecular formula is C21H32O4. The molecule has 140 valence electrons. The van der Waals surface area contributed by atoms with Crippen LogP contribution in [0.2, 0.25) is 0 Å². The Labute approximate surface area is 151 Å². The van der Waals surface area contributed by atoms with Crippen molar-refractivity contribution in [3.8, 4) is 0 Å². The predicted octanol–water partition coefficient (Wildman–Crippen LogP) is 4.42. The van der Waals surface area contributed by atoms with Gasteiger partial charge in [0.1, 0.15) is 6.10 Å². The fourth-order valence-corrected chi connectivity index (χ4v) is 5.03. The van der Waals surface area contributed by atoms with Crippen molar-refractivity contribution in [2.45, 2.75) is 77.2 Å². The van der Waals surface area contributed by atoms with Crippen molar-refractivity contribution in [1.29, 1.82) is 0 Å². The van der Waals surface area contributed by atoms with Crippen LogP contribution in [-0.2, 0) is 19.1 Å². The third-order valence-corrected chi connectivity index (χ3v) is 6.47. The van der Waals surface area contributed by atoms with E-state index in [0.29, 0.717) is 18.1 Å². The molecule has 0 aromatic carbocycles. The van der Waals surface area contributed by atoms with E-state index in [-0.39, 0.29) is 24.0 Å². The fraction of sp³-hybridized carbons (Fsp3) is 0.810. The highest BCUT2D eigenvalue weighted by molar-refractivity contribution is 5.87. The lowest BCUT2D eigenvalue weighted by atomic mass is 9.83. The van der Waals surface area contributed by atoms with Crippen molar-refractivity contribution in [3.63, 3.8) is 0 Å². The first-order valence-corrected chi connectivity index (χ1v) is 10.1. The number of carbonyl (C=O) groups is 2. The zero-order valence-electron chi connectivity index (χ0n) is 15.5. The Morgan fingerprint density at radius 2 is 1.88 bits per heavy atom. The van der Waals surface area contributed by atoms with E-state index in [9.17, 15) is 9.59 Å². The van der Waals surface area contributed by atoms with Crippen molar-refractivity contribution in [2.75, 3.05) is 6.61 Å². The maximum Gasteiger partial charge on any atom is 0.333 e. The topological polar surface area (TPSA) is 52.6 Å². The summed E-state index contributed by atoms with van der Waals surface area (Å²) in [7, 11) is 0. The van der Waals surface area contributed by atoms with Crippen molar-refractivity contribution in [3.05, 3.63) is 12.2 Å². The fourth-order valence-electron chi connectivity index (χ4n) is 5.03. The average Bonchev–Trinajstić information content (AvgIpc) is 3.26. The number of hydrogen-bond donors (Lipinski definition) is 0. The predicted molar refractivity (Wildman–Crippen MR) is 95.8 cm³/mol. The van der Waals surface area contributed by atoms with Gasteiger partial charge in [0, 0.05) is 5.57 Å². The van der Waals surface area contributed by atoms with Gasteiger partial charge in [-0.25, -0.2) is 4.79 Å². The smallest absolute Gasteiger partial charge is 0.333 e. The highest BCUT2D eigenvalue weighted by Crippen LogP contribution is 2.51. The second-order valence-electron chi connectivity index (χ2n) is 8.36. The van der Waals surface area contributed by atoms with Crippen LogP contribution in [0.5, 0.6) is 0 Å². The van der Waals surface area contributed by atoms with Crippen LogP contribution in [0.4, 0.5) is 0 Å². The Hall–Kier alpha value is -1.32. The summed E-state index contributed by atoms with van der Waals surface area (Å²) >= 11 is 0. The van der Waals surface area contributed by atoms with E-state index in [0.717, 1.165) is 37.5 Å². The number of cyclic esters (lactones) is 1. The molecule has 4 nitrogen and oxygen atoms in total. The minimum absolute atomic E-state index is 0.0175. The summed E-state index contributed by atoms with van der Waals surface area (Å²) in [6, 6.07) is 0. The van der Waals surface area contributed by atoms with Crippen LogP contribution in [0.25, 0.3) is 0 Å². The van der Waals surface area contributed by atoms with Crippen molar-refractivity contribution >= 4 is 11.9 Å². The van der Waals surface area contributed by atoms with Crippen molar-refractivity contribution in [2.24, 2.45) is 23.7 Å². The van der Waals surface area contributed by atoms with E-state index in [1.54, 1.807) is 6.92 Å². The monoisotopic (exact) mass is 348 g/mol. The van der Waals surface area contributed by atoms with Crippen LogP contribution in [0.3, 0.4) is 0 Å². The molecule has 3 rings (SSSR count). The number of unbranched alkanes of at least 4 members (excludes halogenated alkanes) is 3. The normalized spacial score (nSPS) is 33.5. The van der Waals surface area contributed by atoms with Crippen molar-refractivity contribution < 1.29 is 19.1 Å². The molecule has 0 aromatic rings. The van der Waals surface area contributed by atoms with E-state index >= 15 is 0 Å². The van der Waals surface area contributed by atoms with E-state index in [2.05, 4.69) is 6.58 Å². The second kappa shape index (κ2) is 8.37. The molecule has 1 saturated heterocycles. The van der Waals surface area contributed by atoms with Gasteiger partial charge in [-0.15, -0.1) is 0 Å². The summed E-state index contributed by atoms with van der Waals surface area (Å²) in [5, 5.41) is 0. The molecule has 0 spiro atoms. The average molecular weight is 348 g/mol. The second-order valence-corrected chi connectivity index (χ2v) is 8.36. The maximum atomic E-state index is 11.7. The first-order valence-electron chi connectivity index (χ1n) is 10.1. The molecule has 2 bridgehead atoms. The van der Waals surface area contributed by atoms with Crippen LogP contribution in [0.1, 0.15) is 71.1 Å². The number of ether oxygens (including phenoxy) is 2. The van der Waals surface area contributed by atoms with Gasteiger partial charge in [-0.05, 0) is 56.8 Å². The Bertz CT molecular complexity index is 512. The van der Waals surface area contributed by atoms with Gasteiger partial charge in [-0.1, -0.05) is 38.7 Å². The van der Waals surface area contributed by atoms with Gasteiger partial charge >= 0.3 is 11.9 Å². The van der Waals surface area contributed by atoms with Crippen LogP contribution in [0.15, 0.2) is 12.2 Å². The summed E-state index contributed by atoms with van der Waals surface area (Å²) in [6.45, 7) is 6.01. The highest BCUT2D eigenvalue weighted by Gasteiger charge is 2.47. The number of rotatable bonds is 9. The van der Waals surface area contributed by atoms with Gasteiger partial charge in [0.25, 0.3) is 0 Å². The number of fused-ring (bicyclic) bond motifs is 2. The number of hydrogen-bond acceptors (Lipinski definition) is 4. The Morgan fingerprint density at radius 1 is 1.12 bits per heavy atom. The molecule has 3 aliphatic rings. The third kappa shape index (κ3) is 4.65. The zero-order chi connectivity index (χ0) is 17.8. The van der Waals surface area contributed by atoms with Crippen LogP contribution < -0.4 is 0 Å². The van der Waals surface area contributed by atoms with Crippen LogP contribution in [0, 0.1) is 23.7 Å². The molecule has 2 saturated carbocycles. The van der Waals surface area contributed by atoms with Gasteiger partial charge in [-0.2, -0.15) is 0 Å². The molecule has 0 radical (unpaired) electrons. The van der Waals surface area contributed by atoms with Gasteiger partial charge < -0.3 is 9.47 Å². The Kier molecular flexibility index (Phi) is 6.19. The molecule has 4 heteroatoms. The molecule has 1 aliphatic heterocycles. The lowest BCUT2D eigenvalue weighted by Crippen LogP contribution is -2.27. The molecule has 1 heterocycles. The SMILES string of the molecule is C=C(C)C(=O)OC1CC2CC1CC2CCCCCCC1CCOC1=O. The summed E-state index contributed by atoms with van der Waals surface area (Å²) < 4.78 is 10.6. The van der Waals surface area contributed by atoms with E-state index < -0.39 is 0 Å². The van der Waals surface area contributed by atoms with E-state index in [4.69, 9.17) is 9.47 Å². The molecule has 0 N–H and O–H groups in total. The minimum atomic E-state index is -0.222. The number of esters is 2. The standard InChI is InChI=1S/C21H32O4/c1-14(2)20(22)25-19-13-17-12-18(19)11-16(17)8-6-4-3-5-7-15-9-10-24-21(15)23/h15-19H,1,3-13H2,2H3. The summed E-state index contributed by atoms with van der Waals surface area (Å²) in [6.07, 6.45) is 11.8. The lowest BCUT2D eigenvalue weighted by Gasteiger charge is -2.28. The summed E-state index contributed by atoms with van der Waals surface area (Å²) in [5.41, 5.74) is 0.505. The largest absolute Gasteiger partial charge is 0.465 e. The molecule has 5 unspecified atom stereocenters. The quantitative estimate of drug-likeness (QED) is 0.351. The first kappa shape index (κ1) is 18.5. The van der Waals surface area contributed by atoms with E-state index in [1.807, 2.05) is 0 Å². The maximum absolute atomic E-state index is 11.7. The molecule has 25 heavy (non-hydrogen) atoms. The molecule has 2 aliphatic carbocycles. The highest BCUT2D eigenvalue weighted by atomic mass is 16.5. The lowest BCUT2D eigenvalue weighted by molar-refractivity contribution is -0.147. The van der Waals surface area contributed by atoms with Crippen molar-refractivity contribution in [1.82, 2.24) is 0 Å². The molecular weight excluding hydrogens is 316 g/mol. The summed E-state index contributed by atoms with van der Waals surface area (Å²) in [5.74, 6) is 2.12. The minimum Gasteiger partial charge on any atom is -0.465 e. The Balaban J connectivity index is 1.26. The number of carbonyl (C=O) groups excluding carboxylic acids is 2. The van der Waals surface area contributed by atoms with Crippen LogP contribution in [-0.4, -0.2) is 24.6 Å². The van der Waals surface area contributed by atoms with Gasteiger partial charge in [0.2, 0.25) is 0 Å². The molecule has 0 aromatic heterocycles. The molecule has 5 atom stereocenters. The van der Waals surface area contributed by atoms with Gasteiger partial charge in [-0.3, -0.25) is 4.79 Å². The van der Waals surface area contributed by atoms with E-state index in [1.165, 1.54) is 38.5 Å². The zero-order valence-corrected chi connectivity index (χ0v) is 15.5. The molecule has 0 amide bonds. The van der Waals surface area contributed by atoms with Gasteiger partial charge in [0.15, 0.2) is 0 Å². The third-order valence-electron chi connectivity index (χ3n) is 6.47. The van der Waals surface area contributed by atoms with Crippen LogP contribution >= 0.6 is 0 Å².